The largest absolute Gasteiger partial charge is 0.497 e. The summed E-state index contributed by atoms with van der Waals surface area (Å²) in [6, 6.07) is 5.73. The first kappa shape index (κ1) is 17.2. The Bertz CT molecular complexity index is 546. The minimum atomic E-state index is -0.468. The molecule has 6 heteroatoms. The Balaban J connectivity index is 2.03. The molecule has 0 saturated carbocycles. The van der Waals surface area contributed by atoms with E-state index in [1.54, 1.807) is 19.1 Å². The standard InChI is InChI=1S/C17H26N2O4/c1-17(2,3)23-16(20)19-10-8-18(9-11-19)14-12-13(21-4)6-7-15(14)22-5/h6-7,12H,8-11H2,1-5H3. The van der Waals surface area contributed by atoms with Gasteiger partial charge in [0.15, 0.2) is 0 Å². The molecule has 1 saturated heterocycles. The normalized spacial score (nSPS) is 15.3. The van der Waals surface area contributed by atoms with E-state index in [4.69, 9.17) is 14.2 Å². The van der Waals surface area contributed by atoms with E-state index >= 15 is 0 Å². The van der Waals surface area contributed by atoms with Crippen LogP contribution in [0.2, 0.25) is 0 Å². The zero-order valence-corrected chi connectivity index (χ0v) is 14.6. The highest BCUT2D eigenvalue weighted by atomic mass is 16.6. The van der Waals surface area contributed by atoms with Gasteiger partial charge in [-0.15, -0.1) is 0 Å². The Labute approximate surface area is 137 Å². The molecule has 0 N–H and O–H groups in total. The average Bonchev–Trinajstić information content (AvgIpc) is 2.52. The molecule has 0 atom stereocenters. The van der Waals surface area contributed by atoms with Crippen LogP contribution in [-0.4, -0.2) is 57.0 Å². The lowest BCUT2D eigenvalue weighted by atomic mass is 10.2. The molecule has 0 spiro atoms. The Hall–Kier alpha value is -2.11. The van der Waals surface area contributed by atoms with Crippen molar-refractivity contribution >= 4 is 11.8 Å². The maximum absolute atomic E-state index is 12.1. The summed E-state index contributed by atoms with van der Waals surface area (Å²) in [6.45, 7) is 8.32. The van der Waals surface area contributed by atoms with Crippen molar-refractivity contribution in [1.82, 2.24) is 4.90 Å². The van der Waals surface area contributed by atoms with Crippen molar-refractivity contribution in [3.05, 3.63) is 18.2 Å². The summed E-state index contributed by atoms with van der Waals surface area (Å²) in [6.07, 6.45) is -0.255. The van der Waals surface area contributed by atoms with Crippen molar-refractivity contribution in [2.24, 2.45) is 0 Å². The van der Waals surface area contributed by atoms with Crippen LogP contribution < -0.4 is 14.4 Å². The van der Waals surface area contributed by atoms with Gasteiger partial charge >= 0.3 is 6.09 Å². The number of hydrogen-bond donors (Lipinski definition) is 0. The van der Waals surface area contributed by atoms with E-state index in [1.165, 1.54) is 0 Å². The highest BCUT2D eigenvalue weighted by Crippen LogP contribution is 2.33. The minimum Gasteiger partial charge on any atom is -0.497 e. The van der Waals surface area contributed by atoms with Gasteiger partial charge in [-0.2, -0.15) is 0 Å². The Morgan fingerprint density at radius 3 is 2.22 bits per heavy atom. The topological polar surface area (TPSA) is 51.2 Å². The fraction of sp³-hybridized carbons (Fsp3) is 0.588. The van der Waals surface area contributed by atoms with Gasteiger partial charge in [-0.05, 0) is 32.9 Å². The molecular weight excluding hydrogens is 296 g/mol. The van der Waals surface area contributed by atoms with Crippen molar-refractivity contribution in [3.63, 3.8) is 0 Å². The lowest BCUT2D eigenvalue weighted by Gasteiger charge is -2.37. The van der Waals surface area contributed by atoms with Crippen LogP contribution in [0.4, 0.5) is 10.5 Å². The summed E-state index contributed by atoms with van der Waals surface area (Å²) in [5, 5.41) is 0. The van der Waals surface area contributed by atoms with Crippen molar-refractivity contribution in [2.45, 2.75) is 26.4 Å². The monoisotopic (exact) mass is 322 g/mol. The summed E-state index contributed by atoms with van der Waals surface area (Å²) in [5.41, 5.74) is 0.514. The number of benzene rings is 1. The second-order valence-electron chi connectivity index (χ2n) is 6.49. The van der Waals surface area contributed by atoms with Gasteiger partial charge in [0.25, 0.3) is 0 Å². The first-order valence-electron chi connectivity index (χ1n) is 7.79. The second kappa shape index (κ2) is 6.98. The molecule has 1 fully saturated rings. The van der Waals surface area contributed by atoms with E-state index in [2.05, 4.69) is 4.90 Å². The van der Waals surface area contributed by atoms with Gasteiger partial charge in [-0.3, -0.25) is 0 Å². The zero-order valence-electron chi connectivity index (χ0n) is 14.6. The number of piperazine rings is 1. The van der Waals surface area contributed by atoms with E-state index in [9.17, 15) is 4.79 Å². The third-order valence-electron chi connectivity index (χ3n) is 3.66. The van der Waals surface area contributed by atoms with Gasteiger partial charge in [0, 0.05) is 32.2 Å². The van der Waals surface area contributed by atoms with E-state index in [-0.39, 0.29) is 6.09 Å². The van der Waals surface area contributed by atoms with Crippen molar-refractivity contribution in [2.75, 3.05) is 45.3 Å². The van der Waals surface area contributed by atoms with Crippen LogP contribution in [0.25, 0.3) is 0 Å². The SMILES string of the molecule is COc1ccc(OC)c(N2CCN(C(=O)OC(C)(C)C)CC2)c1. The molecule has 1 heterocycles. The third-order valence-corrected chi connectivity index (χ3v) is 3.66. The van der Waals surface area contributed by atoms with Crippen LogP contribution in [-0.2, 0) is 4.74 Å². The molecule has 1 aromatic carbocycles. The molecule has 0 unspecified atom stereocenters. The number of rotatable bonds is 3. The Kier molecular flexibility index (Phi) is 5.23. The van der Waals surface area contributed by atoms with Gasteiger partial charge in [-0.25, -0.2) is 4.79 Å². The smallest absolute Gasteiger partial charge is 0.410 e. The Morgan fingerprint density at radius 2 is 1.70 bits per heavy atom. The lowest BCUT2D eigenvalue weighted by molar-refractivity contribution is 0.0240. The first-order chi connectivity index (χ1) is 10.8. The molecule has 1 aliphatic heterocycles. The number of hydrogen-bond acceptors (Lipinski definition) is 5. The lowest BCUT2D eigenvalue weighted by Crippen LogP contribution is -2.50. The maximum Gasteiger partial charge on any atom is 0.410 e. The van der Waals surface area contributed by atoms with E-state index in [0.29, 0.717) is 13.1 Å². The van der Waals surface area contributed by atoms with Gasteiger partial charge in [0.1, 0.15) is 17.1 Å². The second-order valence-corrected chi connectivity index (χ2v) is 6.49. The molecule has 2 rings (SSSR count). The van der Waals surface area contributed by atoms with Crippen LogP contribution >= 0.6 is 0 Å². The number of amides is 1. The Morgan fingerprint density at radius 1 is 1.04 bits per heavy atom. The van der Waals surface area contributed by atoms with Crippen molar-refractivity contribution in [1.29, 1.82) is 0 Å². The van der Waals surface area contributed by atoms with E-state index in [1.807, 2.05) is 39.0 Å². The maximum atomic E-state index is 12.1. The van der Waals surface area contributed by atoms with Crippen molar-refractivity contribution < 1.29 is 19.0 Å². The number of carbonyl (C=O) groups is 1. The molecule has 128 valence electrons. The quantitative estimate of drug-likeness (QED) is 0.856. The minimum absolute atomic E-state index is 0.255. The highest BCUT2D eigenvalue weighted by Gasteiger charge is 2.27. The fourth-order valence-electron chi connectivity index (χ4n) is 2.50. The summed E-state index contributed by atoms with van der Waals surface area (Å²) >= 11 is 0. The highest BCUT2D eigenvalue weighted by molar-refractivity contribution is 5.69. The molecule has 1 aromatic rings. The predicted octanol–water partition coefficient (Wildman–Crippen LogP) is 2.76. The van der Waals surface area contributed by atoms with Crippen molar-refractivity contribution in [3.8, 4) is 11.5 Å². The van der Waals surface area contributed by atoms with Gasteiger partial charge in [-0.1, -0.05) is 0 Å². The summed E-state index contributed by atoms with van der Waals surface area (Å²) in [5.74, 6) is 1.59. The molecule has 0 aromatic heterocycles. The summed E-state index contributed by atoms with van der Waals surface area (Å²) < 4.78 is 16.2. The number of nitrogens with zero attached hydrogens (tertiary/aromatic N) is 2. The molecule has 0 aliphatic carbocycles. The first-order valence-corrected chi connectivity index (χ1v) is 7.79. The van der Waals surface area contributed by atoms with Gasteiger partial charge in [0.05, 0.1) is 19.9 Å². The zero-order chi connectivity index (χ0) is 17.0. The molecule has 1 aliphatic rings. The van der Waals surface area contributed by atoms with Crippen LogP contribution in [0.1, 0.15) is 20.8 Å². The van der Waals surface area contributed by atoms with Gasteiger partial charge in [0.2, 0.25) is 0 Å². The average molecular weight is 322 g/mol. The van der Waals surface area contributed by atoms with Gasteiger partial charge < -0.3 is 24.0 Å². The van der Waals surface area contributed by atoms with E-state index < -0.39 is 5.60 Å². The number of carbonyl (C=O) groups excluding carboxylic acids is 1. The third kappa shape index (κ3) is 4.43. The molecule has 0 bridgehead atoms. The molecule has 1 amide bonds. The molecular formula is C17H26N2O4. The molecule has 0 radical (unpaired) electrons. The van der Waals surface area contributed by atoms with Crippen LogP contribution in [0.3, 0.4) is 0 Å². The van der Waals surface area contributed by atoms with Crippen LogP contribution in [0, 0.1) is 0 Å². The number of methoxy groups -OCH3 is 2. The van der Waals surface area contributed by atoms with Crippen LogP contribution in [0.5, 0.6) is 11.5 Å². The summed E-state index contributed by atoms with van der Waals surface area (Å²) in [4.78, 5) is 16.1. The predicted molar refractivity (Wildman–Crippen MR) is 89.6 cm³/mol. The molecule has 23 heavy (non-hydrogen) atoms. The number of ether oxygens (including phenoxy) is 3. The number of anilines is 1. The molecule has 6 nitrogen and oxygen atoms in total. The summed E-state index contributed by atoms with van der Waals surface area (Å²) in [7, 11) is 3.30. The fourth-order valence-corrected chi connectivity index (χ4v) is 2.50. The van der Waals surface area contributed by atoms with Crippen LogP contribution in [0.15, 0.2) is 18.2 Å². The van der Waals surface area contributed by atoms with E-state index in [0.717, 1.165) is 30.3 Å².